The molecule has 6 heteroatoms. The zero-order valence-corrected chi connectivity index (χ0v) is 10.0. The maximum Gasteiger partial charge on any atom is 0.320 e. The van der Waals surface area contributed by atoms with Crippen LogP contribution in [0.3, 0.4) is 0 Å². The highest BCUT2D eigenvalue weighted by Gasteiger charge is 2.29. The van der Waals surface area contributed by atoms with Gasteiger partial charge in [0.15, 0.2) is 0 Å². The van der Waals surface area contributed by atoms with Crippen molar-refractivity contribution in [3.05, 3.63) is 0 Å². The highest BCUT2D eigenvalue weighted by molar-refractivity contribution is 5.79. The summed E-state index contributed by atoms with van der Waals surface area (Å²) in [6.45, 7) is 4.41. The summed E-state index contributed by atoms with van der Waals surface area (Å²) in [5.74, 6) is -0.460. The van der Waals surface area contributed by atoms with Gasteiger partial charge in [0.2, 0.25) is 5.91 Å². The van der Waals surface area contributed by atoms with Crippen molar-refractivity contribution >= 4 is 11.9 Å². The second-order valence-electron chi connectivity index (χ2n) is 4.71. The number of rotatable bonds is 1. The van der Waals surface area contributed by atoms with Gasteiger partial charge in [-0.15, -0.1) is 0 Å². The van der Waals surface area contributed by atoms with E-state index in [0.29, 0.717) is 6.54 Å². The van der Waals surface area contributed by atoms with E-state index in [1.165, 1.54) is 0 Å². The largest absolute Gasteiger partial charge is 0.369 e. The molecule has 0 aromatic carbocycles. The van der Waals surface area contributed by atoms with E-state index in [4.69, 9.17) is 5.73 Å². The number of carbonyl (C=O) groups excluding carboxylic acids is 2. The minimum Gasteiger partial charge on any atom is -0.369 e. The molecule has 0 radical (unpaired) electrons. The van der Waals surface area contributed by atoms with E-state index in [1.807, 2.05) is 4.90 Å². The Labute approximate surface area is 101 Å². The van der Waals surface area contributed by atoms with Crippen molar-refractivity contribution in [3.8, 4) is 0 Å². The SMILES string of the molecule is NC(=O)C1CCCN(C(=O)N2CCNCC2)C1. The first-order valence-corrected chi connectivity index (χ1v) is 6.22. The van der Waals surface area contributed by atoms with Gasteiger partial charge in [0.05, 0.1) is 5.92 Å². The number of amides is 3. The number of primary amides is 1. The summed E-state index contributed by atoms with van der Waals surface area (Å²) in [4.78, 5) is 27.0. The molecule has 2 rings (SSSR count). The lowest BCUT2D eigenvalue weighted by atomic mass is 9.98. The molecule has 2 aliphatic heterocycles. The van der Waals surface area contributed by atoms with E-state index < -0.39 is 0 Å². The van der Waals surface area contributed by atoms with Crippen LogP contribution in [0.1, 0.15) is 12.8 Å². The van der Waals surface area contributed by atoms with Crippen LogP contribution < -0.4 is 11.1 Å². The van der Waals surface area contributed by atoms with Crippen LogP contribution in [0.15, 0.2) is 0 Å². The van der Waals surface area contributed by atoms with Crippen LogP contribution in [-0.2, 0) is 4.79 Å². The number of carbonyl (C=O) groups is 2. The van der Waals surface area contributed by atoms with E-state index in [0.717, 1.165) is 45.6 Å². The Hall–Kier alpha value is -1.30. The van der Waals surface area contributed by atoms with Gasteiger partial charge in [0, 0.05) is 39.3 Å². The normalized spacial score (nSPS) is 25.8. The lowest BCUT2D eigenvalue weighted by Crippen LogP contribution is -2.54. The number of piperazine rings is 1. The average molecular weight is 240 g/mol. The fourth-order valence-corrected chi connectivity index (χ4v) is 2.44. The first kappa shape index (κ1) is 12.2. The van der Waals surface area contributed by atoms with Crippen molar-refractivity contribution < 1.29 is 9.59 Å². The molecule has 2 heterocycles. The quantitative estimate of drug-likeness (QED) is 0.630. The third-order valence-electron chi connectivity index (χ3n) is 3.48. The molecule has 3 amide bonds. The number of nitrogens with zero attached hydrogens (tertiary/aromatic N) is 2. The Morgan fingerprint density at radius 2 is 1.82 bits per heavy atom. The summed E-state index contributed by atoms with van der Waals surface area (Å²) in [5.41, 5.74) is 5.31. The third-order valence-corrected chi connectivity index (χ3v) is 3.48. The minimum absolute atomic E-state index is 0.0532. The molecule has 0 bridgehead atoms. The molecular formula is C11H20N4O2. The fraction of sp³-hybridized carbons (Fsp3) is 0.818. The first-order valence-electron chi connectivity index (χ1n) is 6.22. The van der Waals surface area contributed by atoms with Gasteiger partial charge in [-0.3, -0.25) is 4.79 Å². The lowest BCUT2D eigenvalue weighted by Gasteiger charge is -2.37. The lowest BCUT2D eigenvalue weighted by molar-refractivity contribution is -0.123. The number of piperidine rings is 1. The molecule has 2 aliphatic rings. The summed E-state index contributed by atoms with van der Waals surface area (Å²) in [6, 6.07) is 0.0532. The number of nitrogens with one attached hydrogen (secondary N) is 1. The molecule has 0 aromatic heterocycles. The first-order chi connectivity index (χ1) is 8.18. The molecule has 0 aliphatic carbocycles. The number of likely N-dealkylation sites (tertiary alicyclic amines) is 1. The molecular weight excluding hydrogens is 220 g/mol. The molecule has 2 fully saturated rings. The van der Waals surface area contributed by atoms with E-state index >= 15 is 0 Å². The summed E-state index contributed by atoms with van der Waals surface area (Å²) < 4.78 is 0. The molecule has 3 N–H and O–H groups in total. The van der Waals surface area contributed by atoms with Gasteiger partial charge in [-0.1, -0.05) is 0 Å². The number of nitrogens with two attached hydrogens (primary N) is 1. The van der Waals surface area contributed by atoms with Gasteiger partial charge in [-0.25, -0.2) is 4.79 Å². The van der Waals surface area contributed by atoms with Crippen LogP contribution in [0.2, 0.25) is 0 Å². The minimum atomic E-state index is -0.289. The molecule has 0 spiro atoms. The standard InChI is InChI=1S/C11H20N4O2/c12-10(16)9-2-1-5-15(8-9)11(17)14-6-3-13-4-7-14/h9,13H,1-8H2,(H2,12,16). The maximum atomic E-state index is 12.2. The van der Waals surface area contributed by atoms with Crippen molar-refractivity contribution in [2.75, 3.05) is 39.3 Å². The Morgan fingerprint density at radius 3 is 2.47 bits per heavy atom. The summed E-state index contributed by atoms with van der Waals surface area (Å²) in [6.07, 6.45) is 1.67. The second-order valence-corrected chi connectivity index (χ2v) is 4.71. The van der Waals surface area contributed by atoms with Crippen LogP contribution in [0, 0.1) is 5.92 Å². The number of hydrogen-bond donors (Lipinski definition) is 2. The van der Waals surface area contributed by atoms with E-state index in [1.54, 1.807) is 4.90 Å². The summed E-state index contributed by atoms with van der Waals surface area (Å²) in [5, 5.41) is 3.21. The zero-order chi connectivity index (χ0) is 12.3. The monoisotopic (exact) mass is 240 g/mol. The van der Waals surface area contributed by atoms with Gasteiger partial charge in [-0.05, 0) is 12.8 Å². The number of hydrogen-bond acceptors (Lipinski definition) is 3. The Balaban J connectivity index is 1.91. The fourth-order valence-electron chi connectivity index (χ4n) is 2.44. The molecule has 96 valence electrons. The van der Waals surface area contributed by atoms with Crippen LogP contribution in [0.25, 0.3) is 0 Å². The Bertz CT molecular complexity index is 302. The van der Waals surface area contributed by atoms with Gasteiger partial charge >= 0.3 is 6.03 Å². The van der Waals surface area contributed by atoms with Crippen LogP contribution in [0.5, 0.6) is 0 Å². The number of urea groups is 1. The maximum absolute atomic E-state index is 12.2. The highest BCUT2D eigenvalue weighted by Crippen LogP contribution is 2.17. The summed E-state index contributed by atoms with van der Waals surface area (Å²) >= 11 is 0. The van der Waals surface area contributed by atoms with Gasteiger partial charge in [0.1, 0.15) is 0 Å². The van der Waals surface area contributed by atoms with Crippen molar-refractivity contribution in [1.29, 1.82) is 0 Å². The van der Waals surface area contributed by atoms with E-state index in [9.17, 15) is 9.59 Å². The van der Waals surface area contributed by atoms with Crippen molar-refractivity contribution in [2.45, 2.75) is 12.8 Å². The molecule has 1 atom stereocenters. The predicted molar refractivity (Wildman–Crippen MR) is 63.3 cm³/mol. The highest BCUT2D eigenvalue weighted by atomic mass is 16.2. The van der Waals surface area contributed by atoms with Gasteiger partial charge in [-0.2, -0.15) is 0 Å². The molecule has 6 nitrogen and oxygen atoms in total. The van der Waals surface area contributed by atoms with Crippen molar-refractivity contribution in [2.24, 2.45) is 11.7 Å². The zero-order valence-electron chi connectivity index (χ0n) is 10.0. The second kappa shape index (κ2) is 5.35. The topological polar surface area (TPSA) is 78.7 Å². The molecule has 0 saturated carbocycles. The van der Waals surface area contributed by atoms with Crippen molar-refractivity contribution in [3.63, 3.8) is 0 Å². The van der Waals surface area contributed by atoms with Crippen LogP contribution >= 0.6 is 0 Å². The third kappa shape index (κ3) is 2.88. The van der Waals surface area contributed by atoms with E-state index in [2.05, 4.69) is 5.32 Å². The smallest absolute Gasteiger partial charge is 0.320 e. The average Bonchev–Trinajstić information content (AvgIpc) is 2.39. The molecule has 0 aromatic rings. The molecule has 2 saturated heterocycles. The molecule has 17 heavy (non-hydrogen) atoms. The van der Waals surface area contributed by atoms with Crippen LogP contribution in [-0.4, -0.2) is 61.0 Å². The Morgan fingerprint density at radius 1 is 1.12 bits per heavy atom. The van der Waals surface area contributed by atoms with Gasteiger partial charge in [0.25, 0.3) is 0 Å². The Kier molecular flexibility index (Phi) is 3.83. The van der Waals surface area contributed by atoms with Gasteiger partial charge < -0.3 is 20.9 Å². The predicted octanol–water partition coefficient (Wildman–Crippen LogP) is -0.791. The van der Waals surface area contributed by atoms with Crippen molar-refractivity contribution in [1.82, 2.24) is 15.1 Å². The van der Waals surface area contributed by atoms with Crippen LogP contribution in [0.4, 0.5) is 4.79 Å². The summed E-state index contributed by atoms with van der Waals surface area (Å²) in [7, 11) is 0. The van der Waals surface area contributed by atoms with E-state index in [-0.39, 0.29) is 17.9 Å². The molecule has 1 unspecified atom stereocenters.